The summed E-state index contributed by atoms with van der Waals surface area (Å²) in [5.74, 6) is 0.502. The molecule has 1 aliphatic carbocycles. The second kappa shape index (κ2) is 3.81. The monoisotopic (exact) mass is 220 g/mol. The van der Waals surface area contributed by atoms with Gasteiger partial charge in [-0.2, -0.15) is 0 Å². The first-order valence-electron chi connectivity index (χ1n) is 5.42. The standard InChI is InChI=1S/C13H16O3/c1-13(2,3)16-11-8-12(14)15-10-7-5-4-6-9(10)11/h4-7,10H,8H2,1-3H3. The first kappa shape index (κ1) is 11.0. The highest BCUT2D eigenvalue weighted by Crippen LogP contribution is 2.30. The van der Waals surface area contributed by atoms with Crippen LogP contribution in [0.15, 0.2) is 35.6 Å². The minimum Gasteiger partial charge on any atom is -0.491 e. The number of carbonyl (C=O) groups excluding carboxylic acids is 1. The maximum atomic E-state index is 11.4. The van der Waals surface area contributed by atoms with E-state index in [2.05, 4.69) is 0 Å². The first-order chi connectivity index (χ1) is 7.46. The summed E-state index contributed by atoms with van der Waals surface area (Å²) in [5, 5.41) is 0. The van der Waals surface area contributed by atoms with Gasteiger partial charge < -0.3 is 9.47 Å². The molecule has 0 bridgehead atoms. The molecule has 0 spiro atoms. The van der Waals surface area contributed by atoms with Crippen molar-refractivity contribution in [2.45, 2.75) is 38.9 Å². The van der Waals surface area contributed by atoms with E-state index in [9.17, 15) is 4.79 Å². The molecular formula is C13H16O3. The number of carbonyl (C=O) groups is 1. The molecule has 3 nitrogen and oxygen atoms in total. The molecule has 1 heterocycles. The lowest BCUT2D eigenvalue weighted by Crippen LogP contribution is -2.30. The molecule has 0 aromatic carbocycles. The Balaban J connectivity index is 2.32. The second-order valence-electron chi connectivity index (χ2n) is 4.92. The maximum absolute atomic E-state index is 11.4. The Hall–Kier alpha value is -1.51. The van der Waals surface area contributed by atoms with Gasteiger partial charge >= 0.3 is 5.97 Å². The number of allylic oxidation sites excluding steroid dienone is 2. The molecule has 1 unspecified atom stereocenters. The Morgan fingerprint density at radius 2 is 2.12 bits per heavy atom. The Bertz CT molecular complexity index is 394. The Kier molecular flexibility index (Phi) is 2.62. The summed E-state index contributed by atoms with van der Waals surface area (Å²) < 4.78 is 11.0. The highest BCUT2D eigenvalue weighted by Gasteiger charge is 2.30. The quantitative estimate of drug-likeness (QED) is 0.637. The number of rotatable bonds is 1. The average molecular weight is 220 g/mol. The zero-order valence-corrected chi connectivity index (χ0v) is 9.82. The van der Waals surface area contributed by atoms with Crippen molar-refractivity contribution in [2.75, 3.05) is 0 Å². The first-order valence-corrected chi connectivity index (χ1v) is 5.42. The lowest BCUT2D eigenvalue weighted by molar-refractivity contribution is -0.148. The van der Waals surface area contributed by atoms with Crippen molar-refractivity contribution in [1.82, 2.24) is 0 Å². The fourth-order valence-corrected chi connectivity index (χ4v) is 1.76. The lowest BCUT2D eigenvalue weighted by Gasteiger charge is -2.30. The van der Waals surface area contributed by atoms with Crippen LogP contribution in [0.4, 0.5) is 0 Å². The summed E-state index contributed by atoms with van der Waals surface area (Å²) in [4.78, 5) is 11.4. The smallest absolute Gasteiger partial charge is 0.314 e. The SMILES string of the molecule is CC(C)(C)OC1=C2C=CC=CC2OC(=O)C1. The van der Waals surface area contributed by atoms with Crippen LogP contribution in [-0.2, 0) is 14.3 Å². The topological polar surface area (TPSA) is 35.5 Å². The summed E-state index contributed by atoms with van der Waals surface area (Å²) in [6, 6.07) is 0. The van der Waals surface area contributed by atoms with Gasteiger partial charge in [0, 0.05) is 5.57 Å². The molecule has 0 radical (unpaired) electrons. The third kappa shape index (κ3) is 2.35. The van der Waals surface area contributed by atoms with Gasteiger partial charge in [0.1, 0.15) is 23.9 Å². The van der Waals surface area contributed by atoms with Crippen LogP contribution in [-0.4, -0.2) is 17.7 Å². The fraction of sp³-hybridized carbons (Fsp3) is 0.462. The fourth-order valence-electron chi connectivity index (χ4n) is 1.76. The molecule has 16 heavy (non-hydrogen) atoms. The van der Waals surface area contributed by atoms with E-state index in [0.29, 0.717) is 0 Å². The highest BCUT2D eigenvalue weighted by molar-refractivity contribution is 5.75. The number of ether oxygens (including phenoxy) is 2. The van der Waals surface area contributed by atoms with E-state index in [1.54, 1.807) is 0 Å². The van der Waals surface area contributed by atoms with E-state index in [1.165, 1.54) is 0 Å². The number of hydrogen-bond acceptors (Lipinski definition) is 3. The average Bonchev–Trinajstić information content (AvgIpc) is 2.14. The number of fused-ring (bicyclic) bond motifs is 1. The molecule has 2 rings (SSSR count). The molecule has 0 aromatic heterocycles. The van der Waals surface area contributed by atoms with Gasteiger partial charge in [0.25, 0.3) is 0 Å². The van der Waals surface area contributed by atoms with Crippen molar-refractivity contribution in [3.05, 3.63) is 35.6 Å². The Labute approximate surface area is 95.4 Å². The van der Waals surface area contributed by atoms with Crippen LogP contribution in [0.1, 0.15) is 27.2 Å². The van der Waals surface area contributed by atoms with E-state index < -0.39 is 0 Å². The predicted molar refractivity (Wildman–Crippen MR) is 60.6 cm³/mol. The molecule has 0 amide bonds. The van der Waals surface area contributed by atoms with Gasteiger partial charge in [-0.05, 0) is 26.8 Å². The molecule has 3 heteroatoms. The lowest BCUT2D eigenvalue weighted by atomic mass is 9.99. The van der Waals surface area contributed by atoms with Crippen LogP contribution in [0.5, 0.6) is 0 Å². The Morgan fingerprint density at radius 3 is 2.81 bits per heavy atom. The molecule has 86 valence electrons. The third-order valence-corrected chi connectivity index (χ3v) is 2.29. The van der Waals surface area contributed by atoms with Gasteiger partial charge in [-0.3, -0.25) is 4.79 Å². The summed E-state index contributed by atoms with van der Waals surface area (Å²) in [5.41, 5.74) is 0.663. The van der Waals surface area contributed by atoms with E-state index in [0.717, 1.165) is 11.3 Å². The highest BCUT2D eigenvalue weighted by atomic mass is 16.6. The molecule has 0 saturated heterocycles. The minimum atomic E-state index is -0.292. The zero-order chi connectivity index (χ0) is 11.8. The van der Waals surface area contributed by atoms with Gasteiger partial charge in [-0.15, -0.1) is 0 Å². The normalized spacial score (nSPS) is 24.2. The van der Waals surface area contributed by atoms with Crippen LogP contribution in [0.3, 0.4) is 0 Å². The van der Waals surface area contributed by atoms with Gasteiger partial charge in [0.05, 0.1) is 0 Å². The largest absolute Gasteiger partial charge is 0.491 e. The van der Waals surface area contributed by atoms with E-state index in [1.807, 2.05) is 45.1 Å². The van der Waals surface area contributed by atoms with Crippen molar-refractivity contribution in [3.8, 4) is 0 Å². The molecule has 0 N–H and O–H groups in total. The van der Waals surface area contributed by atoms with Crippen molar-refractivity contribution in [2.24, 2.45) is 0 Å². The summed E-state index contributed by atoms with van der Waals surface area (Å²) in [6.07, 6.45) is 7.56. The summed E-state index contributed by atoms with van der Waals surface area (Å²) >= 11 is 0. The Morgan fingerprint density at radius 1 is 1.38 bits per heavy atom. The number of hydrogen-bond donors (Lipinski definition) is 0. The van der Waals surface area contributed by atoms with E-state index >= 15 is 0 Å². The van der Waals surface area contributed by atoms with E-state index in [4.69, 9.17) is 9.47 Å². The maximum Gasteiger partial charge on any atom is 0.314 e. The number of esters is 1. The molecule has 0 aromatic rings. The molecule has 2 aliphatic rings. The van der Waals surface area contributed by atoms with Crippen LogP contribution in [0.2, 0.25) is 0 Å². The minimum absolute atomic E-state index is 0.223. The summed E-state index contributed by atoms with van der Waals surface area (Å²) in [6.45, 7) is 5.91. The van der Waals surface area contributed by atoms with Gasteiger partial charge in [-0.25, -0.2) is 0 Å². The zero-order valence-electron chi connectivity index (χ0n) is 9.82. The second-order valence-corrected chi connectivity index (χ2v) is 4.92. The van der Waals surface area contributed by atoms with Crippen molar-refractivity contribution >= 4 is 5.97 Å². The van der Waals surface area contributed by atoms with Crippen LogP contribution in [0, 0.1) is 0 Å². The van der Waals surface area contributed by atoms with Crippen molar-refractivity contribution in [1.29, 1.82) is 0 Å². The van der Waals surface area contributed by atoms with E-state index in [-0.39, 0.29) is 24.1 Å². The van der Waals surface area contributed by atoms with Crippen LogP contribution < -0.4 is 0 Å². The van der Waals surface area contributed by atoms with Gasteiger partial charge in [0.2, 0.25) is 0 Å². The van der Waals surface area contributed by atoms with Crippen LogP contribution >= 0.6 is 0 Å². The molecule has 0 fully saturated rings. The molecule has 1 aliphatic heterocycles. The summed E-state index contributed by atoms with van der Waals surface area (Å²) in [7, 11) is 0. The molecule has 1 atom stereocenters. The van der Waals surface area contributed by atoms with Crippen molar-refractivity contribution in [3.63, 3.8) is 0 Å². The van der Waals surface area contributed by atoms with Crippen molar-refractivity contribution < 1.29 is 14.3 Å². The third-order valence-electron chi connectivity index (χ3n) is 2.29. The van der Waals surface area contributed by atoms with Gasteiger partial charge in [0.15, 0.2) is 0 Å². The molecular weight excluding hydrogens is 204 g/mol. The van der Waals surface area contributed by atoms with Gasteiger partial charge in [-0.1, -0.05) is 18.2 Å². The van der Waals surface area contributed by atoms with Crippen LogP contribution in [0.25, 0.3) is 0 Å². The molecule has 0 saturated carbocycles. The predicted octanol–water partition coefficient (Wildman–Crippen LogP) is 2.50.